The molecule has 2 N–H and O–H groups in total. The van der Waals surface area contributed by atoms with Crippen LogP contribution >= 0.6 is 39.1 Å². The van der Waals surface area contributed by atoms with Gasteiger partial charge in [-0.15, -0.1) is 5.10 Å². The van der Waals surface area contributed by atoms with E-state index in [4.69, 9.17) is 28.0 Å². The van der Waals surface area contributed by atoms with Gasteiger partial charge in [0.1, 0.15) is 24.9 Å². The molecule has 0 saturated carbocycles. The molecule has 0 aliphatic carbocycles. The van der Waals surface area contributed by atoms with Crippen molar-refractivity contribution >= 4 is 62.5 Å². The molecule has 1 aliphatic heterocycles. The number of hydrogen-bond acceptors (Lipinski definition) is 7. The third kappa shape index (κ3) is 8.07. The average molecular weight is 720 g/mol. The summed E-state index contributed by atoms with van der Waals surface area (Å²) in [6.45, 7) is -4.03. The molecule has 11 nitrogen and oxygen atoms in total. The Balaban J connectivity index is 1.63. The summed E-state index contributed by atoms with van der Waals surface area (Å²) in [6, 6.07) is 4.58. The predicted octanol–water partition coefficient (Wildman–Crippen LogP) is 4.96. The van der Waals surface area contributed by atoms with Gasteiger partial charge in [0.2, 0.25) is 5.88 Å². The van der Waals surface area contributed by atoms with Gasteiger partial charge in [-0.1, -0.05) is 23.2 Å². The summed E-state index contributed by atoms with van der Waals surface area (Å²) in [5.74, 6) is -4.00. The molecule has 0 spiro atoms. The SMILES string of the molecule is O=C(NC1CON(CC(F)(F)F)C1=O)c1cc(Cl)cc(Br)c1NC(=O)c1cc(OCC(F)(F)F)nn1-c1ncccc1Cl. The summed E-state index contributed by atoms with van der Waals surface area (Å²) in [5.41, 5.74) is -0.999. The number of nitrogens with one attached hydrogen (secondary N) is 2. The van der Waals surface area contributed by atoms with E-state index in [9.17, 15) is 40.7 Å². The number of hydrogen-bond donors (Lipinski definition) is 2. The molecule has 1 atom stereocenters. The Morgan fingerprint density at radius 2 is 1.84 bits per heavy atom. The van der Waals surface area contributed by atoms with Crippen molar-refractivity contribution in [2.45, 2.75) is 18.4 Å². The highest BCUT2D eigenvalue weighted by Crippen LogP contribution is 2.32. The molecule has 0 radical (unpaired) electrons. The molecule has 1 saturated heterocycles. The van der Waals surface area contributed by atoms with Crippen LogP contribution < -0.4 is 15.4 Å². The van der Waals surface area contributed by atoms with Crippen LogP contribution in [0.2, 0.25) is 10.0 Å². The number of carbonyl (C=O) groups is 3. The average Bonchev–Trinajstić information content (AvgIpc) is 3.47. The van der Waals surface area contributed by atoms with Crippen molar-refractivity contribution in [3.8, 4) is 11.7 Å². The number of anilines is 1. The first kappa shape index (κ1) is 32.3. The lowest BCUT2D eigenvalue weighted by atomic mass is 10.1. The van der Waals surface area contributed by atoms with Crippen LogP contribution in [0.3, 0.4) is 0 Å². The summed E-state index contributed by atoms with van der Waals surface area (Å²) in [6.07, 6.45) is -8.20. The van der Waals surface area contributed by atoms with E-state index in [1.165, 1.54) is 24.4 Å². The molecule has 0 bridgehead atoms. The number of aromatic nitrogens is 3. The van der Waals surface area contributed by atoms with E-state index < -0.39 is 67.4 Å². The number of nitrogens with zero attached hydrogens (tertiary/aromatic N) is 4. The van der Waals surface area contributed by atoms with Crippen molar-refractivity contribution in [2.24, 2.45) is 0 Å². The van der Waals surface area contributed by atoms with Gasteiger partial charge in [-0.05, 0) is 40.2 Å². The van der Waals surface area contributed by atoms with Gasteiger partial charge in [-0.2, -0.15) is 26.3 Å². The zero-order valence-corrected chi connectivity index (χ0v) is 24.0. The van der Waals surface area contributed by atoms with Crippen molar-refractivity contribution in [3.05, 3.63) is 62.3 Å². The van der Waals surface area contributed by atoms with Crippen LogP contribution in [0.1, 0.15) is 20.8 Å². The smallest absolute Gasteiger partial charge is 0.422 e. The zero-order chi connectivity index (χ0) is 31.7. The first-order valence-electron chi connectivity index (χ1n) is 11.5. The van der Waals surface area contributed by atoms with Crippen LogP contribution in [0.25, 0.3) is 5.82 Å². The fourth-order valence-corrected chi connectivity index (χ4v) is 4.71. The van der Waals surface area contributed by atoms with Crippen LogP contribution in [0.15, 0.2) is 41.0 Å². The lowest BCUT2D eigenvalue weighted by Crippen LogP contribution is -2.44. The van der Waals surface area contributed by atoms with Crippen molar-refractivity contribution in [3.63, 3.8) is 0 Å². The van der Waals surface area contributed by atoms with Crippen molar-refractivity contribution in [1.82, 2.24) is 25.1 Å². The molecule has 2 aromatic heterocycles. The fourth-order valence-electron chi connectivity index (χ4n) is 3.60. The molecular formula is C23H15BrCl2F6N6O5. The number of halogens is 9. The topological polar surface area (TPSA) is 128 Å². The van der Waals surface area contributed by atoms with Crippen LogP contribution in [-0.2, 0) is 9.63 Å². The summed E-state index contributed by atoms with van der Waals surface area (Å²) < 4.78 is 81.8. The van der Waals surface area contributed by atoms with E-state index in [0.717, 1.165) is 16.8 Å². The zero-order valence-electron chi connectivity index (χ0n) is 20.9. The maximum atomic E-state index is 13.4. The van der Waals surface area contributed by atoms with E-state index in [1.54, 1.807) is 0 Å². The highest BCUT2D eigenvalue weighted by atomic mass is 79.9. The number of alkyl halides is 6. The number of ether oxygens (including phenoxy) is 1. The molecule has 1 aromatic carbocycles. The van der Waals surface area contributed by atoms with E-state index in [0.29, 0.717) is 0 Å². The van der Waals surface area contributed by atoms with Gasteiger partial charge in [0.25, 0.3) is 17.7 Å². The van der Waals surface area contributed by atoms with Crippen molar-refractivity contribution in [1.29, 1.82) is 0 Å². The second-order valence-corrected chi connectivity index (χ2v) is 10.3. The molecule has 43 heavy (non-hydrogen) atoms. The van der Waals surface area contributed by atoms with Gasteiger partial charge in [0, 0.05) is 21.8 Å². The third-order valence-electron chi connectivity index (χ3n) is 5.35. The Bertz CT molecular complexity index is 1570. The van der Waals surface area contributed by atoms with E-state index >= 15 is 0 Å². The van der Waals surface area contributed by atoms with Crippen LogP contribution in [0.5, 0.6) is 5.88 Å². The second kappa shape index (κ2) is 12.6. The number of hydroxylamine groups is 2. The van der Waals surface area contributed by atoms with E-state index in [-0.39, 0.29) is 36.6 Å². The first-order chi connectivity index (χ1) is 20.0. The van der Waals surface area contributed by atoms with E-state index in [2.05, 4.69) is 41.4 Å². The Morgan fingerprint density at radius 1 is 1.12 bits per heavy atom. The Hall–Kier alpha value is -3.61. The normalized spacial score (nSPS) is 15.5. The molecule has 1 unspecified atom stereocenters. The second-order valence-electron chi connectivity index (χ2n) is 8.57. The summed E-state index contributed by atoms with van der Waals surface area (Å²) in [5, 5.41) is 8.49. The predicted molar refractivity (Wildman–Crippen MR) is 140 cm³/mol. The highest BCUT2D eigenvalue weighted by molar-refractivity contribution is 9.10. The highest BCUT2D eigenvalue weighted by Gasteiger charge is 2.41. The standard InChI is InChI=1S/C23H15BrCl2F6N6O5/c24-12-5-10(25)4-11(19(39)34-14-7-43-37(21(14)41)8-22(27,28)29)17(12)35-20(40)15-6-16(42-9-23(30,31)32)36-38(15)18-13(26)2-1-3-33-18/h1-6,14H,7-9H2,(H,34,39)(H,35,40). The lowest BCUT2D eigenvalue weighted by molar-refractivity contribution is -0.214. The van der Waals surface area contributed by atoms with Gasteiger partial charge in [-0.25, -0.2) is 14.7 Å². The molecule has 3 aromatic rings. The largest absolute Gasteiger partial charge is 0.467 e. The molecule has 1 aliphatic rings. The number of carbonyl (C=O) groups excluding carboxylic acids is 3. The number of rotatable bonds is 8. The first-order valence-corrected chi connectivity index (χ1v) is 13.1. The number of amides is 3. The summed E-state index contributed by atoms with van der Waals surface area (Å²) in [4.78, 5) is 47.6. The maximum Gasteiger partial charge on any atom is 0.422 e. The quantitative estimate of drug-likeness (QED) is 0.315. The lowest BCUT2D eigenvalue weighted by Gasteiger charge is -2.17. The van der Waals surface area contributed by atoms with Crippen molar-refractivity contribution < 1.29 is 50.3 Å². The van der Waals surface area contributed by atoms with E-state index in [1.807, 2.05) is 0 Å². The molecular weight excluding hydrogens is 705 g/mol. The van der Waals surface area contributed by atoms with Crippen molar-refractivity contribution in [2.75, 3.05) is 25.1 Å². The molecule has 3 heterocycles. The molecule has 1 fully saturated rings. The summed E-state index contributed by atoms with van der Waals surface area (Å²) in [7, 11) is 0. The maximum absolute atomic E-state index is 13.4. The third-order valence-corrected chi connectivity index (χ3v) is 6.49. The number of benzene rings is 1. The molecule has 20 heteroatoms. The van der Waals surface area contributed by atoms with Gasteiger partial charge in [0.15, 0.2) is 12.4 Å². The van der Waals surface area contributed by atoms with Gasteiger partial charge in [-0.3, -0.25) is 19.2 Å². The molecule has 3 amide bonds. The Labute approximate surface area is 255 Å². The van der Waals surface area contributed by atoms with Crippen LogP contribution in [0, 0.1) is 0 Å². The molecule has 230 valence electrons. The Kier molecular flexibility index (Phi) is 9.43. The Morgan fingerprint density at radius 3 is 2.49 bits per heavy atom. The minimum Gasteiger partial charge on any atom is -0.467 e. The van der Waals surface area contributed by atoms with Gasteiger partial charge in [0.05, 0.1) is 16.3 Å². The molecule has 4 rings (SSSR count). The fraction of sp³-hybridized carbons (Fsp3) is 0.261. The van der Waals surface area contributed by atoms with Gasteiger partial charge < -0.3 is 15.4 Å². The summed E-state index contributed by atoms with van der Waals surface area (Å²) >= 11 is 15.4. The minimum absolute atomic E-state index is 0.0177. The van der Waals surface area contributed by atoms with Gasteiger partial charge >= 0.3 is 12.4 Å². The van der Waals surface area contributed by atoms with Crippen LogP contribution in [-0.4, -0.2) is 75.7 Å². The van der Waals surface area contributed by atoms with Crippen LogP contribution in [0.4, 0.5) is 32.0 Å². The minimum atomic E-state index is -4.76. The monoisotopic (exact) mass is 718 g/mol. The number of pyridine rings is 1.